The maximum absolute atomic E-state index is 12.1. The first-order valence-corrected chi connectivity index (χ1v) is 6.82. The molecule has 0 bridgehead atoms. The summed E-state index contributed by atoms with van der Waals surface area (Å²) in [5.41, 5.74) is 0. The van der Waals surface area contributed by atoms with Gasteiger partial charge in [-0.15, -0.1) is 0 Å². The number of hydrogen-bond donors (Lipinski definition) is 0. The molecule has 8 nitrogen and oxygen atoms in total. The Morgan fingerprint density at radius 3 is 2.43 bits per heavy atom. The molecule has 0 aliphatic carbocycles. The molecule has 0 amide bonds. The Balaban J connectivity index is 1.88. The molecule has 118 valence electrons. The van der Waals surface area contributed by atoms with Crippen molar-refractivity contribution in [2.75, 3.05) is 20.8 Å². The minimum atomic E-state index is -1.01. The Morgan fingerprint density at radius 2 is 1.81 bits per heavy atom. The van der Waals surface area contributed by atoms with Crippen LogP contribution in [-0.4, -0.2) is 67.9 Å². The third-order valence-electron chi connectivity index (χ3n) is 4.10. The van der Waals surface area contributed by atoms with Gasteiger partial charge in [-0.3, -0.25) is 9.63 Å². The van der Waals surface area contributed by atoms with Crippen molar-refractivity contribution in [3.8, 4) is 0 Å². The summed E-state index contributed by atoms with van der Waals surface area (Å²) in [4.78, 5) is 29.5. The molecule has 0 spiro atoms. The van der Waals surface area contributed by atoms with Gasteiger partial charge in [0.25, 0.3) is 0 Å². The van der Waals surface area contributed by atoms with Crippen LogP contribution in [0.5, 0.6) is 0 Å². The van der Waals surface area contributed by atoms with Crippen molar-refractivity contribution in [1.29, 1.82) is 0 Å². The second-order valence-corrected chi connectivity index (χ2v) is 5.83. The van der Waals surface area contributed by atoms with E-state index in [0.717, 1.165) is 0 Å². The van der Waals surface area contributed by atoms with E-state index in [0.29, 0.717) is 6.54 Å². The van der Waals surface area contributed by atoms with E-state index in [4.69, 9.17) is 23.8 Å². The van der Waals surface area contributed by atoms with Gasteiger partial charge in [-0.05, 0) is 13.8 Å². The van der Waals surface area contributed by atoms with Crippen LogP contribution in [0, 0.1) is 5.92 Å². The maximum Gasteiger partial charge on any atom is 0.338 e. The standard InChI is InChI=1S/C13H19NO7/c1-13(2)19-6-5-14-8(9(6)20-13)7(11(15)17-3)10(21-14)12(16)18-4/h6-10H,5H2,1-4H3/t6-,7+,8-,9-,10-/m1/s1. The lowest BCUT2D eigenvalue weighted by molar-refractivity contribution is -0.209. The summed E-state index contributed by atoms with van der Waals surface area (Å²) >= 11 is 0. The quantitative estimate of drug-likeness (QED) is 0.629. The third kappa shape index (κ3) is 2.22. The Labute approximate surface area is 122 Å². The van der Waals surface area contributed by atoms with Crippen LogP contribution in [0.25, 0.3) is 0 Å². The summed E-state index contributed by atoms with van der Waals surface area (Å²) in [6.45, 7) is 4.06. The van der Waals surface area contributed by atoms with Crippen molar-refractivity contribution in [2.24, 2.45) is 5.92 Å². The number of nitrogens with zero attached hydrogens (tertiary/aromatic N) is 1. The summed E-state index contributed by atoms with van der Waals surface area (Å²) in [5.74, 6) is -2.64. The van der Waals surface area contributed by atoms with Crippen molar-refractivity contribution in [2.45, 2.75) is 44.0 Å². The van der Waals surface area contributed by atoms with Gasteiger partial charge in [-0.2, -0.15) is 5.06 Å². The lowest BCUT2D eigenvalue weighted by Gasteiger charge is -2.24. The summed E-state index contributed by atoms with van der Waals surface area (Å²) < 4.78 is 21.2. The van der Waals surface area contributed by atoms with E-state index in [1.54, 1.807) is 5.06 Å². The molecule has 3 aliphatic heterocycles. The van der Waals surface area contributed by atoms with Gasteiger partial charge < -0.3 is 18.9 Å². The maximum atomic E-state index is 12.1. The van der Waals surface area contributed by atoms with Gasteiger partial charge in [-0.1, -0.05) is 0 Å². The number of ether oxygens (including phenoxy) is 4. The molecular weight excluding hydrogens is 282 g/mol. The number of methoxy groups -OCH3 is 2. The van der Waals surface area contributed by atoms with Crippen LogP contribution in [0.1, 0.15) is 13.8 Å². The van der Waals surface area contributed by atoms with Crippen LogP contribution in [0.2, 0.25) is 0 Å². The number of esters is 2. The SMILES string of the molecule is COC(=O)[C@H]1[C@@H]2[C@@H]3OC(C)(C)O[C@@H]3CN2O[C@H]1C(=O)OC. The predicted octanol–water partition coefficient (Wildman–Crippen LogP) is -0.533. The Bertz CT molecular complexity index is 465. The molecule has 8 heteroatoms. The fourth-order valence-corrected chi connectivity index (χ4v) is 3.35. The van der Waals surface area contributed by atoms with Crippen LogP contribution in [0.15, 0.2) is 0 Å². The smallest absolute Gasteiger partial charge is 0.338 e. The van der Waals surface area contributed by atoms with Crippen molar-refractivity contribution >= 4 is 11.9 Å². The molecule has 3 heterocycles. The van der Waals surface area contributed by atoms with Gasteiger partial charge in [-0.25, -0.2) is 4.79 Å². The first-order chi connectivity index (χ1) is 9.88. The lowest BCUT2D eigenvalue weighted by Crippen LogP contribution is -2.44. The first kappa shape index (κ1) is 14.7. The summed E-state index contributed by atoms with van der Waals surface area (Å²) in [6.07, 6.45) is -1.56. The predicted molar refractivity (Wildman–Crippen MR) is 66.7 cm³/mol. The molecule has 0 aromatic heterocycles. The lowest BCUT2D eigenvalue weighted by atomic mass is 9.91. The van der Waals surface area contributed by atoms with Gasteiger partial charge in [0.05, 0.1) is 26.8 Å². The number of hydrogen-bond acceptors (Lipinski definition) is 8. The second kappa shape index (κ2) is 4.91. The molecule has 0 aromatic carbocycles. The Morgan fingerprint density at radius 1 is 1.14 bits per heavy atom. The third-order valence-corrected chi connectivity index (χ3v) is 4.10. The molecule has 0 aromatic rings. The van der Waals surface area contributed by atoms with Crippen LogP contribution < -0.4 is 0 Å². The number of carbonyl (C=O) groups excluding carboxylic acids is 2. The molecule has 3 fully saturated rings. The molecule has 0 saturated carbocycles. The van der Waals surface area contributed by atoms with Crippen molar-refractivity contribution < 1.29 is 33.4 Å². The first-order valence-electron chi connectivity index (χ1n) is 6.82. The van der Waals surface area contributed by atoms with Crippen LogP contribution >= 0.6 is 0 Å². The number of fused-ring (bicyclic) bond motifs is 3. The zero-order valence-corrected chi connectivity index (χ0v) is 12.4. The van der Waals surface area contributed by atoms with Crippen LogP contribution in [0.4, 0.5) is 0 Å². The summed E-state index contributed by atoms with van der Waals surface area (Å²) in [5, 5.41) is 1.58. The average molecular weight is 301 g/mol. The van der Waals surface area contributed by atoms with E-state index >= 15 is 0 Å². The fourth-order valence-electron chi connectivity index (χ4n) is 3.35. The molecule has 3 rings (SSSR count). The van der Waals surface area contributed by atoms with Gasteiger partial charge in [0.1, 0.15) is 18.1 Å². The molecule has 3 aliphatic rings. The van der Waals surface area contributed by atoms with Crippen molar-refractivity contribution in [3.05, 3.63) is 0 Å². The Hall–Kier alpha value is -1.22. The molecule has 0 radical (unpaired) electrons. The number of rotatable bonds is 2. The second-order valence-electron chi connectivity index (χ2n) is 5.83. The van der Waals surface area contributed by atoms with Crippen LogP contribution in [-0.2, 0) is 33.4 Å². The zero-order valence-electron chi connectivity index (χ0n) is 12.4. The highest BCUT2D eigenvalue weighted by molar-refractivity contribution is 5.85. The van der Waals surface area contributed by atoms with Gasteiger partial charge in [0, 0.05) is 0 Å². The van der Waals surface area contributed by atoms with E-state index in [1.807, 2.05) is 13.8 Å². The highest BCUT2D eigenvalue weighted by atomic mass is 16.8. The molecule has 0 N–H and O–H groups in total. The number of carbonyl (C=O) groups is 2. The normalized spacial score (nSPS) is 40.7. The minimum Gasteiger partial charge on any atom is -0.469 e. The van der Waals surface area contributed by atoms with Gasteiger partial charge in [0.2, 0.25) is 0 Å². The average Bonchev–Trinajstić information content (AvgIpc) is 3.02. The highest BCUT2D eigenvalue weighted by Gasteiger charge is 2.64. The molecule has 0 unspecified atom stereocenters. The van der Waals surface area contributed by atoms with E-state index in [2.05, 4.69) is 0 Å². The monoisotopic (exact) mass is 301 g/mol. The van der Waals surface area contributed by atoms with Crippen molar-refractivity contribution in [3.63, 3.8) is 0 Å². The highest BCUT2D eigenvalue weighted by Crippen LogP contribution is 2.44. The topological polar surface area (TPSA) is 83.5 Å². The van der Waals surface area contributed by atoms with E-state index in [-0.39, 0.29) is 12.2 Å². The van der Waals surface area contributed by atoms with Gasteiger partial charge in [0.15, 0.2) is 11.9 Å². The zero-order chi connectivity index (χ0) is 15.4. The van der Waals surface area contributed by atoms with Crippen molar-refractivity contribution in [1.82, 2.24) is 5.06 Å². The van der Waals surface area contributed by atoms with Crippen LogP contribution in [0.3, 0.4) is 0 Å². The molecular formula is C13H19NO7. The van der Waals surface area contributed by atoms with E-state index < -0.39 is 35.8 Å². The van der Waals surface area contributed by atoms with Gasteiger partial charge >= 0.3 is 11.9 Å². The van der Waals surface area contributed by atoms with E-state index in [9.17, 15) is 9.59 Å². The molecule has 3 saturated heterocycles. The molecule has 5 atom stereocenters. The van der Waals surface area contributed by atoms with E-state index in [1.165, 1.54) is 14.2 Å². The minimum absolute atomic E-state index is 0.198. The summed E-state index contributed by atoms with van der Waals surface area (Å²) in [7, 11) is 2.53. The largest absolute Gasteiger partial charge is 0.469 e. The summed E-state index contributed by atoms with van der Waals surface area (Å²) in [6, 6.07) is -0.423. The molecule has 21 heavy (non-hydrogen) atoms. The number of hydroxylamine groups is 2. The fraction of sp³-hybridized carbons (Fsp3) is 0.846. The Kier molecular flexibility index (Phi) is 3.44.